The fourth-order valence-corrected chi connectivity index (χ4v) is 1.61. The molecule has 90 valence electrons. The summed E-state index contributed by atoms with van der Waals surface area (Å²) < 4.78 is 6.82. The molecule has 17 heavy (non-hydrogen) atoms. The summed E-state index contributed by atoms with van der Waals surface area (Å²) in [5.41, 5.74) is 8.54. The number of ether oxygens (including phenoxy) is 1. The lowest BCUT2D eigenvalue weighted by Gasteiger charge is -2.07. The standard InChI is InChI=1S/C12H16N4O/c1-8-4-5-9(13)6-10(8)14-11-7-12(17-3)16(2)15-11/h4-7H,13H2,1-3H3,(H,14,15). The van der Waals surface area contributed by atoms with Crippen molar-refractivity contribution in [2.24, 2.45) is 7.05 Å². The molecule has 3 N–H and O–H groups in total. The predicted octanol–water partition coefficient (Wildman–Crippen LogP) is 2.06. The van der Waals surface area contributed by atoms with Gasteiger partial charge in [0.2, 0.25) is 5.88 Å². The van der Waals surface area contributed by atoms with Gasteiger partial charge < -0.3 is 15.8 Å². The largest absolute Gasteiger partial charge is 0.481 e. The molecular weight excluding hydrogens is 216 g/mol. The predicted molar refractivity (Wildman–Crippen MR) is 68.6 cm³/mol. The van der Waals surface area contributed by atoms with Gasteiger partial charge in [-0.25, -0.2) is 4.68 Å². The average Bonchev–Trinajstić information content (AvgIpc) is 2.64. The van der Waals surface area contributed by atoms with Crippen molar-refractivity contribution in [1.29, 1.82) is 0 Å². The number of aryl methyl sites for hydroxylation is 2. The number of benzene rings is 1. The fraction of sp³-hybridized carbons (Fsp3) is 0.250. The quantitative estimate of drug-likeness (QED) is 0.795. The van der Waals surface area contributed by atoms with Gasteiger partial charge >= 0.3 is 0 Å². The first-order valence-electron chi connectivity index (χ1n) is 5.31. The molecule has 1 heterocycles. The van der Waals surface area contributed by atoms with E-state index >= 15 is 0 Å². The normalized spacial score (nSPS) is 10.3. The number of hydrogen-bond acceptors (Lipinski definition) is 4. The van der Waals surface area contributed by atoms with Crippen molar-refractivity contribution >= 4 is 17.2 Å². The van der Waals surface area contributed by atoms with Crippen LogP contribution in [-0.4, -0.2) is 16.9 Å². The van der Waals surface area contributed by atoms with Gasteiger partial charge in [-0.1, -0.05) is 6.07 Å². The zero-order valence-electron chi connectivity index (χ0n) is 10.2. The monoisotopic (exact) mass is 232 g/mol. The summed E-state index contributed by atoms with van der Waals surface area (Å²) in [5, 5.41) is 7.50. The Morgan fingerprint density at radius 3 is 2.76 bits per heavy atom. The summed E-state index contributed by atoms with van der Waals surface area (Å²) in [6, 6.07) is 7.57. The Balaban J connectivity index is 2.27. The van der Waals surface area contributed by atoms with Crippen LogP contribution in [0.4, 0.5) is 17.2 Å². The Kier molecular flexibility index (Phi) is 2.91. The molecule has 1 aromatic heterocycles. The topological polar surface area (TPSA) is 65.1 Å². The van der Waals surface area contributed by atoms with Gasteiger partial charge in [0.05, 0.1) is 7.11 Å². The lowest BCUT2D eigenvalue weighted by atomic mass is 10.2. The maximum atomic E-state index is 5.75. The number of nitrogens with one attached hydrogen (secondary N) is 1. The Hall–Kier alpha value is -2.17. The molecule has 0 aliphatic carbocycles. The molecule has 0 radical (unpaired) electrons. The summed E-state index contributed by atoms with van der Waals surface area (Å²) in [6.07, 6.45) is 0. The van der Waals surface area contributed by atoms with Crippen LogP contribution in [-0.2, 0) is 7.05 Å². The van der Waals surface area contributed by atoms with Crippen LogP contribution in [0.3, 0.4) is 0 Å². The highest BCUT2D eigenvalue weighted by Gasteiger charge is 2.06. The van der Waals surface area contributed by atoms with Gasteiger partial charge in [-0.15, -0.1) is 0 Å². The Morgan fingerprint density at radius 1 is 1.35 bits per heavy atom. The average molecular weight is 232 g/mol. The Morgan fingerprint density at radius 2 is 2.12 bits per heavy atom. The van der Waals surface area contributed by atoms with E-state index in [0.29, 0.717) is 5.88 Å². The molecule has 0 aliphatic heterocycles. The third-order valence-electron chi connectivity index (χ3n) is 2.57. The van der Waals surface area contributed by atoms with Gasteiger partial charge in [0.15, 0.2) is 5.82 Å². The lowest BCUT2D eigenvalue weighted by molar-refractivity contribution is 0.373. The van der Waals surface area contributed by atoms with Crippen LogP contribution in [0.25, 0.3) is 0 Å². The number of hydrogen-bond donors (Lipinski definition) is 2. The number of nitrogens with zero attached hydrogens (tertiary/aromatic N) is 2. The van der Waals surface area contributed by atoms with Crippen molar-refractivity contribution in [3.8, 4) is 5.88 Å². The number of aromatic nitrogens is 2. The second kappa shape index (κ2) is 4.37. The fourth-order valence-electron chi connectivity index (χ4n) is 1.61. The van der Waals surface area contributed by atoms with Gasteiger partial charge in [-0.05, 0) is 24.6 Å². The Labute approximate surface area is 100 Å². The van der Waals surface area contributed by atoms with Gasteiger partial charge in [0.1, 0.15) is 0 Å². The molecule has 0 bridgehead atoms. The molecular formula is C12H16N4O. The molecule has 0 fully saturated rings. The highest BCUT2D eigenvalue weighted by Crippen LogP contribution is 2.24. The third-order valence-corrected chi connectivity index (χ3v) is 2.57. The van der Waals surface area contributed by atoms with E-state index in [0.717, 1.165) is 22.8 Å². The van der Waals surface area contributed by atoms with Crippen molar-refractivity contribution in [1.82, 2.24) is 9.78 Å². The first-order chi connectivity index (χ1) is 8.10. The van der Waals surface area contributed by atoms with E-state index < -0.39 is 0 Å². The lowest BCUT2D eigenvalue weighted by Crippen LogP contribution is -1.97. The minimum atomic E-state index is 0.703. The molecule has 5 heteroatoms. The maximum Gasteiger partial charge on any atom is 0.213 e. The van der Waals surface area contributed by atoms with Crippen molar-refractivity contribution < 1.29 is 4.74 Å². The van der Waals surface area contributed by atoms with Crippen LogP contribution in [0.1, 0.15) is 5.56 Å². The number of anilines is 3. The van der Waals surface area contributed by atoms with Gasteiger partial charge in [0, 0.05) is 24.5 Å². The highest BCUT2D eigenvalue weighted by atomic mass is 16.5. The van der Waals surface area contributed by atoms with Gasteiger partial charge in [0.25, 0.3) is 0 Å². The minimum absolute atomic E-state index is 0.703. The molecule has 0 unspecified atom stereocenters. The van der Waals surface area contributed by atoms with Crippen LogP contribution in [0.5, 0.6) is 5.88 Å². The molecule has 0 aliphatic rings. The smallest absolute Gasteiger partial charge is 0.213 e. The molecule has 2 aromatic rings. The van der Waals surface area contributed by atoms with E-state index in [1.807, 2.05) is 38.2 Å². The summed E-state index contributed by atoms with van der Waals surface area (Å²) in [6.45, 7) is 2.02. The number of nitrogens with two attached hydrogens (primary N) is 1. The van der Waals surface area contributed by atoms with Crippen LogP contribution >= 0.6 is 0 Å². The molecule has 1 aromatic carbocycles. The Bertz CT molecular complexity index is 533. The van der Waals surface area contributed by atoms with E-state index in [4.69, 9.17) is 10.5 Å². The van der Waals surface area contributed by atoms with Crippen molar-refractivity contribution in [3.63, 3.8) is 0 Å². The number of nitrogen functional groups attached to an aromatic ring is 1. The van der Waals surface area contributed by atoms with Crippen LogP contribution in [0.15, 0.2) is 24.3 Å². The molecule has 0 atom stereocenters. The molecule has 5 nitrogen and oxygen atoms in total. The molecule has 2 rings (SSSR count). The second-order valence-electron chi connectivity index (χ2n) is 3.89. The zero-order chi connectivity index (χ0) is 12.4. The SMILES string of the molecule is COc1cc(Nc2cc(N)ccc2C)nn1C. The highest BCUT2D eigenvalue weighted by molar-refractivity contribution is 5.65. The molecule has 0 saturated heterocycles. The summed E-state index contributed by atoms with van der Waals surface area (Å²) in [4.78, 5) is 0. The van der Waals surface area contributed by atoms with Crippen LogP contribution in [0.2, 0.25) is 0 Å². The summed E-state index contributed by atoms with van der Waals surface area (Å²) in [5.74, 6) is 1.44. The van der Waals surface area contributed by atoms with E-state index in [2.05, 4.69) is 10.4 Å². The molecule has 0 saturated carbocycles. The molecule has 0 amide bonds. The molecule has 0 spiro atoms. The zero-order valence-corrected chi connectivity index (χ0v) is 10.2. The van der Waals surface area contributed by atoms with E-state index in [1.54, 1.807) is 11.8 Å². The summed E-state index contributed by atoms with van der Waals surface area (Å²) in [7, 11) is 3.45. The second-order valence-corrected chi connectivity index (χ2v) is 3.89. The van der Waals surface area contributed by atoms with Crippen LogP contribution in [0, 0.1) is 6.92 Å². The van der Waals surface area contributed by atoms with Crippen molar-refractivity contribution in [2.75, 3.05) is 18.2 Å². The summed E-state index contributed by atoms with van der Waals surface area (Å²) >= 11 is 0. The first-order valence-corrected chi connectivity index (χ1v) is 5.31. The maximum absolute atomic E-state index is 5.75. The van der Waals surface area contributed by atoms with Gasteiger partial charge in [-0.2, -0.15) is 5.10 Å². The van der Waals surface area contributed by atoms with Crippen LogP contribution < -0.4 is 15.8 Å². The third kappa shape index (κ3) is 2.33. The van der Waals surface area contributed by atoms with E-state index in [-0.39, 0.29) is 0 Å². The van der Waals surface area contributed by atoms with Crippen molar-refractivity contribution in [2.45, 2.75) is 6.92 Å². The van der Waals surface area contributed by atoms with E-state index in [9.17, 15) is 0 Å². The van der Waals surface area contributed by atoms with Gasteiger partial charge in [-0.3, -0.25) is 0 Å². The number of rotatable bonds is 3. The van der Waals surface area contributed by atoms with E-state index in [1.165, 1.54) is 0 Å². The minimum Gasteiger partial charge on any atom is -0.481 e. The first kappa shape index (κ1) is 11.3. The number of methoxy groups -OCH3 is 1. The van der Waals surface area contributed by atoms with Crippen molar-refractivity contribution in [3.05, 3.63) is 29.8 Å².